The summed E-state index contributed by atoms with van der Waals surface area (Å²) in [7, 11) is 0. The zero-order valence-corrected chi connectivity index (χ0v) is 14.2. The Morgan fingerprint density at radius 1 is 1.04 bits per heavy atom. The molecule has 6 heteroatoms. The fraction of sp³-hybridized carbons (Fsp3) is 0.421. The maximum atomic E-state index is 12.0. The van der Waals surface area contributed by atoms with Crippen LogP contribution in [0.15, 0.2) is 48.8 Å². The van der Waals surface area contributed by atoms with Gasteiger partial charge in [-0.2, -0.15) is 0 Å². The standard InChI is InChI=1S/C19H24N4O2/c24-18(20-14-11-15-5-2-1-3-6-15)23-16-7-9-17(10-8-16)25-19-21-12-4-13-22-19/h1-6,12-13,16-17H,7-11,14H2,(H2,20,23,24). The Labute approximate surface area is 148 Å². The zero-order valence-electron chi connectivity index (χ0n) is 14.2. The minimum absolute atomic E-state index is 0.0910. The average molecular weight is 340 g/mol. The first kappa shape index (κ1) is 17.2. The van der Waals surface area contributed by atoms with Crippen molar-refractivity contribution in [1.82, 2.24) is 20.6 Å². The highest BCUT2D eigenvalue weighted by Gasteiger charge is 2.24. The quantitative estimate of drug-likeness (QED) is 0.848. The first-order valence-corrected chi connectivity index (χ1v) is 8.81. The molecule has 1 fully saturated rings. The molecule has 2 N–H and O–H groups in total. The second kappa shape index (κ2) is 9.01. The van der Waals surface area contributed by atoms with Gasteiger partial charge >= 0.3 is 12.0 Å². The van der Waals surface area contributed by atoms with Gasteiger partial charge in [0, 0.05) is 25.0 Å². The summed E-state index contributed by atoms with van der Waals surface area (Å²) in [4.78, 5) is 20.2. The topological polar surface area (TPSA) is 76.1 Å². The number of urea groups is 1. The van der Waals surface area contributed by atoms with Crippen molar-refractivity contribution in [3.05, 3.63) is 54.4 Å². The Morgan fingerprint density at radius 3 is 2.48 bits per heavy atom. The van der Waals surface area contributed by atoms with E-state index in [9.17, 15) is 4.79 Å². The van der Waals surface area contributed by atoms with Crippen molar-refractivity contribution in [3.8, 4) is 6.01 Å². The van der Waals surface area contributed by atoms with Gasteiger partial charge in [-0.3, -0.25) is 0 Å². The molecule has 1 aromatic heterocycles. The van der Waals surface area contributed by atoms with Gasteiger partial charge in [0.05, 0.1) is 0 Å². The summed E-state index contributed by atoms with van der Waals surface area (Å²) < 4.78 is 5.77. The number of hydrogen-bond donors (Lipinski definition) is 2. The largest absolute Gasteiger partial charge is 0.460 e. The summed E-state index contributed by atoms with van der Waals surface area (Å²) in [5.41, 5.74) is 1.23. The number of carbonyl (C=O) groups excluding carboxylic acids is 1. The molecule has 0 saturated heterocycles. The molecule has 3 rings (SSSR count). The molecule has 6 nitrogen and oxygen atoms in total. The summed E-state index contributed by atoms with van der Waals surface area (Å²) in [5.74, 6) is 0. The molecule has 1 aliphatic carbocycles. The highest BCUT2D eigenvalue weighted by atomic mass is 16.5. The Balaban J connectivity index is 1.32. The molecule has 0 unspecified atom stereocenters. The Morgan fingerprint density at radius 2 is 1.76 bits per heavy atom. The van der Waals surface area contributed by atoms with E-state index in [-0.39, 0.29) is 18.2 Å². The molecule has 0 aliphatic heterocycles. The third-order valence-corrected chi connectivity index (χ3v) is 4.37. The van der Waals surface area contributed by atoms with E-state index in [0.29, 0.717) is 12.6 Å². The molecule has 132 valence electrons. The van der Waals surface area contributed by atoms with Gasteiger partial charge in [-0.05, 0) is 43.7 Å². The normalized spacial score (nSPS) is 19.8. The summed E-state index contributed by atoms with van der Waals surface area (Å²) >= 11 is 0. The predicted molar refractivity (Wildman–Crippen MR) is 95.4 cm³/mol. The average Bonchev–Trinajstić information content (AvgIpc) is 2.65. The lowest BCUT2D eigenvalue weighted by Crippen LogP contribution is -2.45. The van der Waals surface area contributed by atoms with Crippen LogP contribution < -0.4 is 15.4 Å². The molecule has 1 aromatic carbocycles. The van der Waals surface area contributed by atoms with Crippen molar-refractivity contribution in [2.45, 2.75) is 44.2 Å². The van der Waals surface area contributed by atoms with Gasteiger partial charge in [0.15, 0.2) is 0 Å². The summed E-state index contributed by atoms with van der Waals surface area (Å²) in [6.45, 7) is 0.639. The van der Waals surface area contributed by atoms with E-state index in [1.807, 2.05) is 18.2 Å². The number of hydrogen-bond acceptors (Lipinski definition) is 4. The van der Waals surface area contributed by atoms with Crippen molar-refractivity contribution < 1.29 is 9.53 Å². The highest BCUT2D eigenvalue weighted by Crippen LogP contribution is 2.21. The first-order chi connectivity index (χ1) is 12.3. The molecule has 2 amide bonds. The fourth-order valence-corrected chi connectivity index (χ4v) is 3.02. The van der Waals surface area contributed by atoms with Crippen molar-refractivity contribution in [3.63, 3.8) is 0 Å². The van der Waals surface area contributed by atoms with Crippen LogP contribution in [0, 0.1) is 0 Å². The van der Waals surface area contributed by atoms with Crippen LogP contribution in [0.4, 0.5) is 4.79 Å². The number of nitrogens with one attached hydrogen (secondary N) is 2. The van der Waals surface area contributed by atoms with Crippen molar-refractivity contribution in [1.29, 1.82) is 0 Å². The van der Waals surface area contributed by atoms with Crippen LogP contribution in [0.3, 0.4) is 0 Å². The second-order valence-electron chi connectivity index (χ2n) is 6.26. The second-order valence-corrected chi connectivity index (χ2v) is 6.26. The minimum atomic E-state index is -0.0910. The summed E-state index contributed by atoms with van der Waals surface area (Å²) in [6.07, 6.45) is 7.92. The number of carbonyl (C=O) groups is 1. The van der Waals surface area contributed by atoms with Crippen LogP contribution in [0.5, 0.6) is 6.01 Å². The highest BCUT2D eigenvalue weighted by molar-refractivity contribution is 5.74. The van der Waals surface area contributed by atoms with E-state index in [1.165, 1.54) is 5.56 Å². The molecule has 1 heterocycles. The maximum absolute atomic E-state index is 12.0. The van der Waals surface area contributed by atoms with Gasteiger partial charge in [0.25, 0.3) is 0 Å². The van der Waals surface area contributed by atoms with Gasteiger partial charge in [-0.15, -0.1) is 0 Å². The molecule has 0 radical (unpaired) electrons. The SMILES string of the molecule is O=C(NCCc1ccccc1)NC1CCC(Oc2ncccn2)CC1. The summed E-state index contributed by atoms with van der Waals surface area (Å²) in [5, 5.41) is 5.98. The lowest BCUT2D eigenvalue weighted by molar-refractivity contribution is 0.129. The van der Waals surface area contributed by atoms with Crippen LogP contribution in [-0.2, 0) is 6.42 Å². The van der Waals surface area contributed by atoms with Gasteiger partial charge in [0.2, 0.25) is 0 Å². The smallest absolute Gasteiger partial charge is 0.316 e. The monoisotopic (exact) mass is 340 g/mol. The van der Waals surface area contributed by atoms with E-state index in [0.717, 1.165) is 32.1 Å². The lowest BCUT2D eigenvalue weighted by atomic mass is 9.93. The number of rotatable bonds is 6. The Hall–Kier alpha value is -2.63. The molecule has 25 heavy (non-hydrogen) atoms. The minimum Gasteiger partial charge on any atom is -0.460 e. The molecule has 0 spiro atoms. The van der Waals surface area contributed by atoms with Gasteiger partial charge in [0.1, 0.15) is 6.10 Å². The Kier molecular flexibility index (Phi) is 6.20. The molecule has 0 bridgehead atoms. The molecule has 1 aliphatic rings. The van der Waals surface area contributed by atoms with E-state index in [2.05, 4.69) is 32.7 Å². The molecular formula is C19H24N4O2. The summed E-state index contributed by atoms with van der Waals surface area (Å²) in [6, 6.07) is 12.5. The van der Waals surface area contributed by atoms with Gasteiger partial charge in [-0.25, -0.2) is 14.8 Å². The number of benzene rings is 1. The van der Waals surface area contributed by atoms with Crippen LogP contribution in [0.25, 0.3) is 0 Å². The number of nitrogens with zero attached hydrogens (tertiary/aromatic N) is 2. The van der Waals surface area contributed by atoms with E-state index in [4.69, 9.17) is 4.74 Å². The third-order valence-electron chi connectivity index (χ3n) is 4.37. The first-order valence-electron chi connectivity index (χ1n) is 8.81. The van der Waals surface area contributed by atoms with Crippen LogP contribution in [0.1, 0.15) is 31.2 Å². The molecular weight excluding hydrogens is 316 g/mol. The number of amides is 2. The van der Waals surface area contributed by atoms with Crippen molar-refractivity contribution >= 4 is 6.03 Å². The molecule has 1 saturated carbocycles. The van der Waals surface area contributed by atoms with Crippen LogP contribution in [0.2, 0.25) is 0 Å². The molecule has 0 atom stereocenters. The van der Waals surface area contributed by atoms with E-state index in [1.54, 1.807) is 18.5 Å². The third kappa shape index (κ3) is 5.74. The number of aromatic nitrogens is 2. The van der Waals surface area contributed by atoms with Gasteiger partial charge in [-0.1, -0.05) is 30.3 Å². The van der Waals surface area contributed by atoms with Crippen LogP contribution >= 0.6 is 0 Å². The number of ether oxygens (including phenoxy) is 1. The van der Waals surface area contributed by atoms with Crippen LogP contribution in [-0.4, -0.2) is 34.7 Å². The molecule has 2 aromatic rings. The predicted octanol–water partition coefficient (Wildman–Crippen LogP) is 2.71. The van der Waals surface area contributed by atoms with Crippen molar-refractivity contribution in [2.24, 2.45) is 0 Å². The van der Waals surface area contributed by atoms with E-state index >= 15 is 0 Å². The maximum Gasteiger partial charge on any atom is 0.316 e. The van der Waals surface area contributed by atoms with Gasteiger partial charge < -0.3 is 15.4 Å². The van der Waals surface area contributed by atoms with E-state index < -0.39 is 0 Å². The fourth-order valence-electron chi connectivity index (χ4n) is 3.02. The zero-order chi connectivity index (χ0) is 17.3. The van der Waals surface area contributed by atoms with Crippen molar-refractivity contribution in [2.75, 3.05) is 6.54 Å². The Bertz CT molecular complexity index is 643. The lowest BCUT2D eigenvalue weighted by Gasteiger charge is -2.28.